The summed E-state index contributed by atoms with van der Waals surface area (Å²) in [7, 11) is 0. The molecule has 0 bridgehead atoms. The summed E-state index contributed by atoms with van der Waals surface area (Å²) in [4.78, 5) is 2.22. The van der Waals surface area contributed by atoms with Crippen molar-refractivity contribution >= 4 is 5.88 Å². The SMILES string of the molecule is c1ccc(-c2coc(N3CCOCC3)c2)cc1. The first-order valence-corrected chi connectivity index (χ1v) is 5.90. The Hall–Kier alpha value is -1.74. The van der Waals surface area contributed by atoms with Crippen LogP contribution in [0.5, 0.6) is 0 Å². The van der Waals surface area contributed by atoms with E-state index in [1.54, 1.807) is 0 Å². The molecule has 1 aliphatic heterocycles. The van der Waals surface area contributed by atoms with Crippen molar-refractivity contribution < 1.29 is 9.15 Å². The highest BCUT2D eigenvalue weighted by molar-refractivity contribution is 5.65. The van der Waals surface area contributed by atoms with Crippen molar-refractivity contribution in [2.45, 2.75) is 0 Å². The second-order valence-electron chi connectivity index (χ2n) is 4.14. The summed E-state index contributed by atoms with van der Waals surface area (Å²) >= 11 is 0. The van der Waals surface area contributed by atoms with Crippen molar-refractivity contribution in [2.75, 3.05) is 31.2 Å². The average molecular weight is 229 g/mol. The van der Waals surface area contributed by atoms with Crippen molar-refractivity contribution in [2.24, 2.45) is 0 Å². The molecule has 3 rings (SSSR count). The molecule has 0 aliphatic carbocycles. The summed E-state index contributed by atoms with van der Waals surface area (Å²) in [5, 5.41) is 0. The smallest absolute Gasteiger partial charge is 0.196 e. The van der Waals surface area contributed by atoms with E-state index < -0.39 is 0 Å². The Balaban J connectivity index is 1.83. The van der Waals surface area contributed by atoms with Gasteiger partial charge in [0.15, 0.2) is 5.88 Å². The van der Waals surface area contributed by atoms with E-state index in [0.29, 0.717) is 0 Å². The van der Waals surface area contributed by atoms with E-state index >= 15 is 0 Å². The highest BCUT2D eigenvalue weighted by Crippen LogP contribution is 2.27. The molecule has 2 heterocycles. The van der Waals surface area contributed by atoms with Crippen LogP contribution in [0.4, 0.5) is 5.88 Å². The topological polar surface area (TPSA) is 25.6 Å². The molecule has 0 atom stereocenters. The van der Waals surface area contributed by atoms with Gasteiger partial charge in [0.25, 0.3) is 0 Å². The summed E-state index contributed by atoms with van der Waals surface area (Å²) in [6.07, 6.45) is 1.82. The van der Waals surface area contributed by atoms with Crippen LogP contribution >= 0.6 is 0 Å². The van der Waals surface area contributed by atoms with Gasteiger partial charge in [-0.25, -0.2) is 0 Å². The third-order valence-corrected chi connectivity index (χ3v) is 3.02. The lowest BCUT2D eigenvalue weighted by Gasteiger charge is -2.26. The third-order valence-electron chi connectivity index (χ3n) is 3.02. The first-order valence-electron chi connectivity index (χ1n) is 5.90. The summed E-state index contributed by atoms with van der Waals surface area (Å²) in [5.41, 5.74) is 2.32. The van der Waals surface area contributed by atoms with Gasteiger partial charge in [0.1, 0.15) is 6.26 Å². The van der Waals surface area contributed by atoms with Crippen LogP contribution in [0.15, 0.2) is 47.1 Å². The van der Waals surface area contributed by atoms with E-state index in [-0.39, 0.29) is 0 Å². The summed E-state index contributed by atoms with van der Waals surface area (Å²) < 4.78 is 11.0. The zero-order valence-corrected chi connectivity index (χ0v) is 9.63. The van der Waals surface area contributed by atoms with Gasteiger partial charge >= 0.3 is 0 Å². The molecule has 1 aromatic carbocycles. The second kappa shape index (κ2) is 4.63. The highest BCUT2D eigenvalue weighted by atomic mass is 16.5. The summed E-state index contributed by atoms with van der Waals surface area (Å²) in [6, 6.07) is 12.4. The number of rotatable bonds is 2. The van der Waals surface area contributed by atoms with E-state index in [9.17, 15) is 0 Å². The van der Waals surface area contributed by atoms with Crippen LogP contribution < -0.4 is 4.90 Å². The van der Waals surface area contributed by atoms with Crippen molar-refractivity contribution in [3.8, 4) is 11.1 Å². The van der Waals surface area contributed by atoms with Crippen LogP contribution in [-0.2, 0) is 4.74 Å². The first kappa shape index (κ1) is 10.4. The van der Waals surface area contributed by atoms with Gasteiger partial charge < -0.3 is 14.1 Å². The predicted octanol–water partition coefficient (Wildman–Crippen LogP) is 2.78. The van der Waals surface area contributed by atoms with E-state index in [4.69, 9.17) is 9.15 Å². The lowest BCUT2D eigenvalue weighted by molar-refractivity contribution is 0.120. The molecule has 1 fully saturated rings. The minimum atomic E-state index is 0.779. The van der Waals surface area contributed by atoms with Gasteiger partial charge in [-0.2, -0.15) is 0 Å². The molecule has 1 aliphatic rings. The molecular formula is C14H15NO2. The summed E-state index contributed by atoms with van der Waals surface area (Å²) in [6.45, 7) is 3.37. The molecule has 0 spiro atoms. The fourth-order valence-electron chi connectivity index (χ4n) is 2.06. The molecule has 1 aromatic heterocycles. The quantitative estimate of drug-likeness (QED) is 0.791. The molecule has 3 nitrogen and oxygen atoms in total. The van der Waals surface area contributed by atoms with Crippen LogP contribution in [0.1, 0.15) is 0 Å². The largest absolute Gasteiger partial charge is 0.448 e. The standard InChI is InChI=1S/C14H15NO2/c1-2-4-12(5-3-1)13-10-14(17-11-13)15-6-8-16-9-7-15/h1-5,10-11H,6-9H2. The molecule has 3 heteroatoms. The predicted molar refractivity (Wildman–Crippen MR) is 67.2 cm³/mol. The number of hydrogen-bond donors (Lipinski definition) is 0. The van der Waals surface area contributed by atoms with Crippen LogP contribution in [0.25, 0.3) is 11.1 Å². The van der Waals surface area contributed by atoms with Gasteiger partial charge in [-0.1, -0.05) is 30.3 Å². The Morgan fingerprint density at radius 1 is 0.941 bits per heavy atom. The van der Waals surface area contributed by atoms with Gasteiger partial charge in [0.2, 0.25) is 0 Å². The lowest BCUT2D eigenvalue weighted by Crippen LogP contribution is -2.35. The maximum Gasteiger partial charge on any atom is 0.196 e. The van der Waals surface area contributed by atoms with Crippen molar-refractivity contribution in [1.29, 1.82) is 0 Å². The Bertz CT molecular complexity index is 472. The molecule has 1 saturated heterocycles. The average Bonchev–Trinajstić information content (AvgIpc) is 2.90. The molecule has 2 aromatic rings. The van der Waals surface area contributed by atoms with Crippen LogP contribution in [0.3, 0.4) is 0 Å². The van der Waals surface area contributed by atoms with Gasteiger partial charge in [0, 0.05) is 24.7 Å². The zero-order valence-electron chi connectivity index (χ0n) is 9.63. The number of benzene rings is 1. The monoisotopic (exact) mass is 229 g/mol. The van der Waals surface area contributed by atoms with Crippen molar-refractivity contribution in [1.82, 2.24) is 0 Å². The van der Waals surface area contributed by atoms with E-state index in [0.717, 1.165) is 37.8 Å². The molecule has 0 saturated carbocycles. The number of ether oxygens (including phenoxy) is 1. The highest BCUT2D eigenvalue weighted by Gasteiger charge is 2.14. The number of anilines is 1. The van der Waals surface area contributed by atoms with Gasteiger partial charge in [-0.15, -0.1) is 0 Å². The van der Waals surface area contributed by atoms with Crippen molar-refractivity contribution in [3.63, 3.8) is 0 Å². The third kappa shape index (κ3) is 2.19. The first-order chi connectivity index (χ1) is 8.43. The Labute approximate surface area is 101 Å². The number of hydrogen-bond acceptors (Lipinski definition) is 3. The van der Waals surface area contributed by atoms with Crippen LogP contribution in [0, 0.1) is 0 Å². The van der Waals surface area contributed by atoms with Gasteiger partial charge in [0.05, 0.1) is 13.2 Å². The van der Waals surface area contributed by atoms with E-state index in [1.165, 1.54) is 5.56 Å². The van der Waals surface area contributed by atoms with Crippen molar-refractivity contribution in [3.05, 3.63) is 42.7 Å². The lowest BCUT2D eigenvalue weighted by atomic mass is 10.1. The summed E-state index contributed by atoms with van der Waals surface area (Å²) in [5.74, 6) is 0.937. The van der Waals surface area contributed by atoms with E-state index in [2.05, 4.69) is 23.1 Å². The molecule has 0 amide bonds. The molecular weight excluding hydrogens is 214 g/mol. The molecule has 0 N–H and O–H groups in total. The van der Waals surface area contributed by atoms with Crippen LogP contribution in [0.2, 0.25) is 0 Å². The Morgan fingerprint density at radius 2 is 1.71 bits per heavy atom. The maximum atomic E-state index is 5.63. The normalized spacial score (nSPS) is 16.1. The minimum Gasteiger partial charge on any atom is -0.448 e. The number of nitrogens with zero attached hydrogens (tertiary/aromatic N) is 1. The zero-order chi connectivity index (χ0) is 11.5. The molecule has 0 unspecified atom stereocenters. The number of morpholine rings is 1. The Morgan fingerprint density at radius 3 is 2.47 bits per heavy atom. The fourth-order valence-corrected chi connectivity index (χ4v) is 2.06. The maximum absolute atomic E-state index is 5.63. The second-order valence-corrected chi connectivity index (χ2v) is 4.14. The van der Waals surface area contributed by atoms with E-state index in [1.807, 2.05) is 24.5 Å². The number of furan rings is 1. The Kier molecular flexibility index (Phi) is 2.84. The van der Waals surface area contributed by atoms with Gasteiger partial charge in [-0.05, 0) is 5.56 Å². The minimum absolute atomic E-state index is 0.779. The van der Waals surface area contributed by atoms with Gasteiger partial charge in [-0.3, -0.25) is 0 Å². The van der Waals surface area contributed by atoms with Crippen LogP contribution in [-0.4, -0.2) is 26.3 Å². The molecule has 17 heavy (non-hydrogen) atoms. The fraction of sp³-hybridized carbons (Fsp3) is 0.286. The molecule has 0 radical (unpaired) electrons. The molecule has 88 valence electrons.